The summed E-state index contributed by atoms with van der Waals surface area (Å²) in [6.45, 7) is 8.54. The molecular formula is C14H26N2O2S. The predicted octanol–water partition coefficient (Wildman–Crippen LogP) is 2.03. The topological polar surface area (TPSA) is 49.4 Å². The highest BCUT2D eigenvalue weighted by molar-refractivity contribution is 7.99. The van der Waals surface area contributed by atoms with Crippen LogP contribution in [0.5, 0.6) is 0 Å². The van der Waals surface area contributed by atoms with Gasteiger partial charge in [0.15, 0.2) is 0 Å². The normalized spacial score (nSPS) is 29.3. The molecule has 19 heavy (non-hydrogen) atoms. The van der Waals surface area contributed by atoms with Gasteiger partial charge in [-0.2, -0.15) is 11.8 Å². The van der Waals surface area contributed by atoms with Gasteiger partial charge >= 0.3 is 0 Å². The summed E-state index contributed by atoms with van der Waals surface area (Å²) in [6.07, 6.45) is 4.30. The zero-order chi connectivity index (χ0) is 14.6. The summed E-state index contributed by atoms with van der Waals surface area (Å²) in [7, 11) is 0. The van der Waals surface area contributed by atoms with Crippen LogP contribution >= 0.6 is 11.8 Å². The molecule has 0 aliphatic carbocycles. The van der Waals surface area contributed by atoms with Crippen LogP contribution in [0.25, 0.3) is 0 Å². The third-order valence-electron chi connectivity index (χ3n) is 4.08. The van der Waals surface area contributed by atoms with Crippen molar-refractivity contribution in [1.29, 1.82) is 0 Å². The maximum Gasteiger partial charge on any atom is 0.248 e. The van der Waals surface area contributed by atoms with Gasteiger partial charge in [0.2, 0.25) is 11.8 Å². The van der Waals surface area contributed by atoms with Crippen molar-refractivity contribution in [3.05, 3.63) is 0 Å². The number of nitrogens with one attached hydrogen (secondary N) is 1. The molecule has 0 spiro atoms. The Morgan fingerprint density at radius 1 is 1.42 bits per heavy atom. The van der Waals surface area contributed by atoms with Gasteiger partial charge in [0.25, 0.3) is 0 Å². The lowest BCUT2D eigenvalue weighted by Crippen LogP contribution is -2.69. The highest BCUT2D eigenvalue weighted by atomic mass is 32.2. The first-order valence-corrected chi connectivity index (χ1v) is 8.34. The van der Waals surface area contributed by atoms with E-state index in [0.29, 0.717) is 24.6 Å². The molecular weight excluding hydrogens is 260 g/mol. The average molecular weight is 286 g/mol. The lowest BCUT2D eigenvalue weighted by atomic mass is 9.91. The molecule has 0 radical (unpaired) electrons. The van der Waals surface area contributed by atoms with Crippen LogP contribution in [0.4, 0.5) is 0 Å². The molecule has 3 atom stereocenters. The largest absolute Gasteiger partial charge is 0.340 e. The fourth-order valence-electron chi connectivity index (χ4n) is 2.35. The lowest BCUT2D eigenvalue weighted by molar-refractivity contribution is -0.154. The summed E-state index contributed by atoms with van der Waals surface area (Å²) in [4.78, 5) is 26.5. The van der Waals surface area contributed by atoms with E-state index in [4.69, 9.17) is 0 Å². The van der Waals surface area contributed by atoms with E-state index in [1.807, 2.05) is 20.8 Å². The minimum atomic E-state index is -0.731. The second-order valence-electron chi connectivity index (χ2n) is 5.43. The van der Waals surface area contributed by atoms with Crippen molar-refractivity contribution in [2.24, 2.45) is 0 Å². The molecule has 0 saturated carbocycles. The van der Waals surface area contributed by atoms with Gasteiger partial charge in [0, 0.05) is 11.8 Å². The maximum absolute atomic E-state index is 12.6. The van der Waals surface area contributed by atoms with E-state index < -0.39 is 5.54 Å². The Kier molecular flexibility index (Phi) is 5.71. The first-order chi connectivity index (χ1) is 8.89. The van der Waals surface area contributed by atoms with Crippen LogP contribution in [0.1, 0.15) is 47.0 Å². The number of amides is 2. The van der Waals surface area contributed by atoms with Crippen LogP contribution in [0.15, 0.2) is 0 Å². The van der Waals surface area contributed by atoms with Crippen molar-refractivity contribution in [2.75, 3.05) is 12.8 Å². The Morgan fingerprint density at radius 3 is 2.53 bits per heavy atom. The molecule has 2 amide bonds. The fourth-order valence-corrected chi connectivity index (χ4v) is 2.69. The van der Waals surface area contributed by atoms with Crippen LogP contribution in [0.3, 0.4) is 0 Å². The molecule has 0 aromatic heterocycles. The number of rotatable bonds is 6. The molecule has 5 heteroatoms. The summed E-state index contributed by atoms with van der Waals surface area (Å²) >= 11 is 1.79. The van der Waals surface area contributed by atoms with E-state index in [-0.39, 0.29) is 17.9 Å². The fraction of sp³-hybridized carbons (Fsp3) is 0.857. The molecule has 1 fully saturated rings. The van der Waals surface area contributed by atoms with Crippen LogP contribution in [0.2, 0.25) is 0 Å². The van der Waals surface area contributed by atoms with Gasteiger partial charge < -0.3 is 10.2 Å². The van der Waals surface area contributed by atoms with Gasteiger partial charge in [-0.15, -0.1) is 0 Å². The Hall–Kier alpha value is -0.710. The molecule has 1 rings (SSSR count). The smallest absolute Gasteiger partial charge is 0.248 e. The van der Waals surface area contributed by atoms with Crippen molar-refractivity contribution >= 4 is 23.6 Å². The molecule has 1 heterocycles. The molecule has 1 aliphatic rings. The van der Waals surface area contributed by atoms with Crippen molar-refractivity contribution in [3.8, 4) is 0 Å². The molecule has 1 saturated heterocycles. The third kappa shape index (κ3) is 3.44. The van der Waals surface area contributed by atoms with Gasteiger partial charge in [0.05, 0.1) is 0 Å². The first-order valence-electron chi connectivity index (χ1n) is 7.05. The van der Waals surface area contributed by atoms with Gasteiger partial charge in [0.1, 0.15) is 11.6 Å². The third-order valence-corrected chi connectivity index (χ3v) is 5.12. The molecule has 0 aromatic rings. The minimum absolute atomic E-state index is 0.0109. The van der Waals surface area contributed by atoms with Crippen LogP contribution in [0, 0.1) is 0 Å². The molecule has 1 aliphatic heterocycles. The lowest BCUT2D eigenvalue weighted by Gasteiger charge is -2.44. The van der Waals surface area contributed by atoms with Gasteiger partial charge in [-0.3, -0.25) is 9.59 Å². The van der Waals surface area contributed by atoms with Crippen LogP contribution in [-0.2, 0) is 9.59 Å². The van der Waals surface area contributed by atoms with E-state index in [1.165, 1.54) is 0 Å². The van der Waals surface area contributed by atoms with E-state index >= 15 is 0 Å². The number of hydrogen-bond donors (Lipinski definition) is 1. The monoisotopic (exact) mass is 286 g/mol. The Morgan fingerprint density at radius 2 is 2.05 bits per heavy atom. The van der Waals surface area contributed by atoms with E-state index in [1.54, 1.807) is 16.7 Å². The van der Waals surface area contributed by atoms with E-state index in [2.05, 4.69) is 18.5 Å². The van der Waals surface area contributed by atoms with Crippen molar-refractivity contribution < 1.29 is 9.59 Å². The summed E-state index contributed by atoms with van der Waals surface area (Å²) in [5, 5.41) is 3.39. The Labute approximate surface area is 120 Å². The van der Waals surface area contributed by atoms with Gasteiger partial charge in [-0.1, -0.05) is 20.8 Å². The first kappa shape index (κ1) is 16.3. The molecule has 0 bridgehead atoms. The standard InChI is InChI=1S/C14H26N2O2S/c1-6-11-12(17)15-14(4,7-2)13(18)16(11)9-8-10(3)19-5/h10-11H,6-9H2,1-5H3,(H,15,17). The number of piperazine rings is 1. The van der Waals surface area contributed by atoms with E-state index in [0.717, 1.165) is 6.42 Å². The molecule has 1 N–H and O–H groups in total. The van der Waals surface area contributed by atoms with Crippen molar-refractivity contribution in [3.63, 3.8) is 0 Å². The highest BCUT2D eigenvalue weighted by Crippen LogP contribution is 2.24. The number of carbonyl (C=O) groups is 2. The Balaban J connectivity index is 2.87. The molecule has 3 unspecified atom stereocenters. The number of hydrogen-bond acceptors (Lipinski definition) is 3. The molecule has 4 nitrogen and oxygen atoms in total. The zero-order valence-corrected chi connectivity index (χ0v) is 13.5. The van der Waals surface area contributed by atoms with Crippen LogP contribution in [-0.4, -0.2) is 46.3 Å². The highest BCUT2D eigenvalue weighted by Gasteiger charge is 2.45. The maximum atomic E-state index is 12.6. The minimum Gasteiger partial charge on any atom is -0.340 e. The zero-order valence-electron chi connectivity index (χ0n) is 12.7. The van der Waals surface area contributed by atoms with Gasteiger partial charge in [-0.05, 0) is 32.4 Å². The average Bonchev–Trinajstić information content (AvgIpc) is 2.40. The van der Waals surface area contributed by atoms with Crippen LogP contribution < -0.4 is 5.32 Å². The summed E-state index contributed by atoms with van der Waals surface area (Å²) < 4.78 is 0. The Bertz CT molecular complexity index is 348. The predicted molar refractivity (Wildman–Crippen MR) is 80.2 cm³/mol. The molecule has 0 aromatic carbocycles. The summed E-state index contributed by atoms with van der Waals surface area (Å²) in [5.41, 5.74) is -0.731. The summed E-state index contributed by atoms with van der Waals surface area (Å²) in [5.74, 6) is 0.0537. The van der Waals surface area contributed by atoms with Gasteiger partial charge in [-0.25, -0.2) is 0 Å². The number of carbonyl (C=O) groups excluding carboxylic acids is 2. The number of thioether (sulfide) groups is 1. The van der Waals surface area contributed by atoms with Crippen molar-refractivity contribution in [2.45, 2.75) is 63.8 Å². The molecule has 110 valence electrons. The quantitative estimate of drug-likeness (QED) is 0.813. The van der Waals surface area contributed by atoms with Crippen molar-refractivity contribution in [1.82, 2.24) is 10.2 Å². The summed E-state index contributed by atoms with van der Waals surface area (Å²) in [6, 6.07) is -0.304. The SMILES string of the molecule is CCC1C(=O)NC(C)(CC)C(=O)N1CCC(C)SC. The number of nitrogens with zero attached hydrogens (tertiary/aromatic N) is 1. The second kappa shape index (κ2) is 6.64. The second-order valence-corrected chi connectivity index (χ2v) is 6.71. The van der Waals surface area contributed by atoms with E-state index in [9.17, 15) is 9.59 Å².